The summed E-state index contributed by atoms with van der Waals surface area (Å²) < 4.78 is 6.09. The van der Waals surface area contributed by atoms with Gasteiger partial charge in [0.05, 0.1) is 30.6 Å². The third-order valence-electron chi connectivity index (χ3n) is 13.7. The molecule has 0 aliphatic carbocycles. The molecule has 0 radical (unpaired) electrons. The number of hydrogen-bond donors (Lipinski definition) is 5. The number of rotatable bonds is 12. The molecule has 21 heteroatoms. The fraction of sp³-hybridized carbons (Fsp3) is 0.722. The van der Waals surface area contributed by atoms with Gasteiger partial charge in [-0.3, -0.25) is 43.2 Å². The molecule has 0 spiro atoms. The van der Waals surface area contributed by atoms with E-state index in [1.165, 1.54) is 49.8 Å². The third-order valence-corrected chi connectivity index (χ3v) is 14.7. The molecule has 9 atom stereocenters. The van der Waals surface area contributed by atoms with Crippen molar-refractivity contribution in [3.05, 3.63) is 35.9 Å². The van der Waals surface area contributed by atoms with Crippen LogP contribution in [0.2, 0.25) is 0 Å². The summed E-state index contributed by atoms with van der Waals surface area (Å²) in [6.07, 6.45) is 1.83. The number of likely N-dealkylation sites (N-methyl/N-ethyl adjacent to an activating group) is 4. The van der Waals surface area contributed by atoms with E-state index >= 15 is 0 Å². The van der Waals surface area contributed by atoms with Crippen molar-refractivity contribution in [3.63, 3.8) is 0 Å². The number of benzene rings is 1. The number of carbonyl (C=O) groups excluding carboxylic acids is 9. The molecule has 9 amide bonds. The number of amides is 9. The van der Waals surface area contributed by atoms with Crippen molar-refractivity contribution in [1.29, 1.82) is 0 Å². The average Bonchev–Trinajstić information content (AvgIpc) is 3.35. The fourth-order valence-electron chi connectivity index (χ4n) is 9.14. The Labute approximate surface area is 449 Å². The van der Waals surface area contributed by atoms with E-state index in [2.05, 4.69) is 21.3 Å². The molecule has 1 aromatic carbocycles. The lowest BCUT2D eigenvalue weighted by Gasteiger charge is -2.37. The van der Waals surface area contributed by atoms with Gasteiger partial charge in [-0.2, -0.15) is 0 Å². The summed E-state index contributed by atoms with van der Waals surface area (Å²) >= 11 is 1.09. The highest BCUT2D eigenvalue weighted by Gasteiger charge is 2.41. The van der Waals surface area contributed by atoms with Gasteiger partial charge >= 0.3 is 0 Å². The second kappa shape index (κ2) is 29.9. The number of aliphatic hydroxyl groups is 1. The zero-order valence-corrected chi connectivity index (χ0v) is 47.9. The molecule has 2 aliphatic rings. The molecule has 2 aliphatic heterocycles. The molecule has 1 aromatic rings. The standard InChI is InChI=1S/C54H89N9O11S/c1-15-35(6)46-49(69)57-40(52(72)63-24-20-17-21-25-63)31-75-32-43(65)55-38(28-37-22-18-16-19-23-37)50(70)61(13)42(27-34(4)5)48(68)58-45(36(7)64)53(73)59(11)29-44(66)60(12)41(26-33(2)3)47(67)56-39(51(71)62(46)14)30-74-54(8,9)10/h16,18-19,22-23,33-36,38-42,45-46,64H,15,17,20-21,24-32H2,1-14H3,(H,55,65)(H,56,67)(H,57,69)(H,58,68)/t35-,36+,38-,39-,40-,41-,42-,45-,46-/m0/s1. The highest BCUT2D eigenvalue weighted by atomic mass is 32.2. The highest BCUT2D eigenvalue weighted by molar-refractivity contribution is 8.00. The second-order valence-electron chi connectivity index (χ2n) is 22.2. The van der Waals surface area contributed by atoms with Crippen LogP contribution in [0.3, 0.4) is 0 Å². The van der Waals surface area contributed by atoms with Gasteiger partial charge in [-0.15, -0.1) is 11.8 Å². The molecule has 2 heterocycles. The maximum atomic E-state index is 14.8. The molecular formula is C54H89N9O11S. The molecular weight excluding hydrogens is 983 g/mol. The summed E-state index contributed by atoms with van der Waals surface area (Å²) in [5, 5.41) is 22.2. The van der Waals surface area contributed by atoms with Gasteiger partial charge in [0, 0.05) is 53.5 Å². The number of hydrogen-bond acceptors (Lipinski definition) is 12. The van der Waals surface area contributed by atoms with E-state index in [9.17, 15) is 48.3 Å². The zero-order valence-electron chi connectivity index (χ0n) is 47.1. The Morgan fingerprint density at radius 2 is 1.28 bits per heavy atom. The van der Waals surface area contributed by atoms with Crippen molar-refractivity contribution < 1.29 is 53.0 Å². The molecule has 2 saturated heterocycles. The van der Waals surface area contributed by atoms with E-state index in [0.29, 0.717) is 19.5 Å². The summed E-state index contributed by atoms with van der Waals surface area (Å²) in [6.45, 7) is 17.9. The predicted molar refractivity (Wildman–Crippen MR) is 289 cm³/mol. The number of aliphatic hydroxyl groups excluding tert-OH is 1. The molecule has 75 heavy (non-hydrogen) atoms. The van der Waals surface area contributed by atoms with Crippen molar-refractivity contribution in [2.24, 2.45) is 17.8 Å². The first-order chi connectivity index (χ1) is 35.1. The maximum Gasteiger partial charge on any atom is 0.248 e. The fourth-order valence-corrected chi connectivity index (χ4v) is 9.98. The molecule has 0 unspecified atom stereocenters. The number of nitrogens with zero attached hydrogens (tertiary/aromatic N) is 5. The SMILES string of the molecule is CC[C@H](C)[C@H]1C(=O)N[C@H](C(=O)N2CCCCC2)CSCC(=O)N[C@@H](Cc2ccccc2)C(=O)N(C)[C@@H](CC(C)C)C(=O)N[C@@H]([C@@H](C)O)C(=O)N(C)CC(=O)N(C)[C@@H](CC(C)C)C(=O)N[C@@H](COC(C)(C)C)C(=O)N1C. The van der Waals surface area contributed by atoms with Gasteiger partial charge in [-0.1, -0.05) is 78.3 Å². The van der Waals surface area contributed by atoms with Gasteiger partial charge in [0.25, 0.3) is 0 Å². The number of nitrogens with one attached hydrogen (secondary N) is 4. The molecule has 5 N–H and O–H groups in total. The Kier molecular flexibility index (Phi) is 25.5. The van der Waals surface area contributed by atoms with E-state index in [-0.39, 0.29) is 55.1 Å². The molecule has 422 valence electrons. The monoisotopic (exact) mass is 1070 g/mol. The lowest BCUT2D eigenvalue weighted by molar-refractivity contribution is -0.149. The minimum absolute atomic E-state index is 0.0346. The largest absolute Gasteiger partial charge is 0.391 e. The van der Waals surface area contributed by atoms with Gasteiger partial charge in [-0.05, 0) is 83.1 Å². The number of piperidine rings is 1. The van der Waals surface area contributed by atoms with E-state index < -0.39 is 114 Å². The van der Waals surface area contributed by atoms with Gasteiger partial charge in [0.15, 0.2) is 0 Å². The normalized spacial score (nSPS) is 25.7. The van der Waals surface area contributed by atoms with Crippen LogP contribution < -0.4 is 21.3 Å². The molecule has 2 fully saturated rings. The Balaban J connectivity index is 2.23. The van der Waals surface area contributed by atoms with Crippen LogP contribution in [0.15, 0.2) is 30.3 Å². The van der Waals surface area contributed by atoms with Crippen LogP contribution in [0.25, 0.3) is 0 Å². The van der Waals surface area contributed by atoms with Crippen molar-refractivity contribution in [1.82, 2.24) is 45.8 Å². The maximum absolute atomic E-state index is 14.8. The van der Waals surface area contributed by atoms with E-state index in [1.54, 1.807) is 56.9 Å². The Bertz CT molecular complexity index is 2100. The lowest BCUT2D eigenvalue weighted by Crippen LogP contribution is -2.62. The van der Waals surface area contributed by atoms with Crippen LogP contribution in [0, 0.1) is 17.8 Å². The van der Waals surface area contributed by atoms with Crippen LogP contribution in [0.1, 0.15) is 113 Å². The number of thioether (sulfide) groups is 1. The second-order valence-corrected chi connectivity index (χ2v) is 23.2. The topological polar surface area (TPSA) is 247 Å². The van der Waals surface area contributed by atoms with Gasteiger partial charge in [-0.25, -0.2) is 0 Å². The first kappa shape index (κ1) is 64.0. The molecule has 0 saturated carbocycles. The lowest BCUT2D eigenvalue weighted by atomic mass is 9.95. The summed E-state index contributed by atoms with van der Waals surface area (Å²) in [5.41, 5.74) is -0.0453. The van der Waals surface area contributed by atoms with Crippen LogP contribution in [-0.2, 0) is 54.3 Å². The summed E-state index contributed by atoms with van der Waals surface area (Å²) in [4.78, 5) is 136. The number of likely N-dealkylation sites (tertiary alicyclic amines) is 1. The van der Waals surface area contributed by atoms with E-state index in [4.69, 9.17) is 4.74 Å². The highest BCUT2D eigenvalue weighted by Crippen LogP contribution is 2.21. The first-order valence-electron chi connectivity index (χ1n) is 26.5. The Morgan fingerprint density at radius 1 is 0.720 bits per heavy atom. The van der Waals surface area contributed by atoms with Crippen molar-refractivity contribution >= 4 is 64.9 Å². The third kappa shape index (κ3) is 19.7. The van der Waals surface area contributed by atoms with E-state index in [1.807, 2.05) is 40.7 Å². The molecule has 3 rings (SSSR count). The molecule has 0 aromatic heterocycles. The van der Waals surface area contributed by atoms with E-state index in [0.717, 1.165) is 41.5 Å². The van der Waals surface area contributed by atoms with Crippen LogP contribution in [-0.4, -0.2) is 203 Å². The van der Waals surface area contributed by atoms with Crippen LogP contribution >= 0.6 is 11.8 Å². The Morgan fingerprint density at radius 3 is 1.83 bits per heavy atom. The van der Waals surface area contributed by atoms with Crippen molar-refractivity contribution in [3.8, 4) is 0 Å². The number of ether oxygens (including phenoxy) is 1. The Hall–Kier alpha value is -5.28. The van der Waals surface area contributed by atoms with Crippen molar-refractivity contribution in [2.75, 3.05) is 65.9 Å². The minimum atomic E-state index is -1.56. The van der Waals surface area contributed by atoms with Crippen LogP contribution in [0.4, 0.5) is 0 Å². The van der Waals surface area contributed by atoms with Crippen LogP contribution in [0.5, 0.6) is 0 Å². The van der Waals surface area contributed by atoms with Gasteiger partial charge in [0.1, 0.15) is 42.3 Å². The average molecular weight is 1070 g/mol. The zero-order chi connectivity index (χ0) is 56.5. The smallest absolute Gasteiger partial charge is 0.248 e. The number of carbonyl (C=O) groups is 9. The quantitative estimate of drug-likeness (QED) is 0.202. The summed E-state index contributed by atoms with van der Waals surface area (Å²) in [5.74, 6) is -6.69. The summed E-state index contributed by atoms with van der Waals surface area (Å²) in [7, 11) is 5.63. The minimum Gasteiger partial charge on any atom is -0.391 e. The first-order valence-corrected chi connectivity index (χ1v) is 27.7. The predicted octanol–water partition coefficient (Wildman–Crippen LogP) is 2.20. The summed E-state index contributed by atoms with van der Waals surface area (Å²) in [6, 6.07) is 0.335. The van der Waals surface area contributed by atoms with Crippen molar-refractivity contribution in [2.45, 2.75) is 168 Å². The molecule has 20 nitrogen and oxygen atoms in total. The van der Waals surface area contributed by atoms with Gasteiger partial charge < -0.3 is 55.6 Å². The molecule has 0 bridgehead atoms. The van der Waals surface area contributed by atoms with Gasteiger partial charge in [0.2, 0.25) is 53.2 Å².